The molecule has 3 aromatic rings. The average Bonchev–Trinajstić information content (AvgIpc) is 3.17. The molecule has 0 saturated heterocycles. The molecular formula is C21H25ClN4O3S. The summed E-state index contributed by atoms with van der Waals surface area (Å²) in [7, 11) is -1.94. The van der Waals surface area contributed by atoms with Crippen molar-refractivity contribution in [1.29, 1.82) is 0 Å². The van der Waals surface area contributed by atoms with E-state index in [1.165, 1.54) is 17.1 Å². The summed E-state index contributed by atoms with van der Waals surface area (Å²) in [5, 5.41) is 4.58. The van der Waals surface area contributed by atoms with Crippen LogP contribution in [0.5, 0.6) is 5.75 Å². The summed E-state index contributed by atoms with van der Waals surface area (Å²) in [5.74, 6) is 0.786. The Morgan fingerprint density at radius 1 is 1.23 bits per heavy atom. The van der Waals surface area contributed by atoms with E-state index in [1.807, 2.05) is 48.5 Å². The van der Waals surface area contributed by atoms with Crippen LogP contribution in [0.3, 0.4) is 0 Å². The minimum Gasteiger partial charge on any atom is -0.492 e. The number of ether oxygens (including phenoxy) is 1. The normalized spacial score (nSPS) is 12.6. The maximum Gasteiger partial charge on any atom is 0.243 e. The van der Waals surface area contributed by atoms with Crippen LogP contribution in [0.1, 0.15) is 17.0 Å². The number of hydrogen-bond acceptors (Lipinski definition) is 5. The molecule has 0 radical (unpaired) electrons. The first-order chi connectivity index (χ1) is 14.4. The average molecular weight is 449 g/mol. The van der Waals surface area contributed by atoms with Crippen molar-refractivity contribution in [3.8, 4) is 5.75 Å². The van der Waals surface area contributed by atoms with E-state index in [4.69, 9.17) is 22.1 Å². The molecule has 0 saturated carbocycles. The maximum atomic E-state index is 12.2. The topological polar surface area (TPSA) is 99.2 Å². The molecule has 0 aliphatic heterocycles. The largest absolute Gasteiger partial charge is 0.492 e. The summed E-state index contributed by atoms with van der Waals surface area (Å²) in [5.41, 5.74) is 8.19. The van der Waals surface area contributed by atoms with Gasteiger partial charge in [0.15, 0.2) is 0 Å². The van der Waals surface area contributed by atoms with Gasteiger partial charge in [-0.05, 0) is 48.4 Å². The lowest BCUT2D eigenvalue weighted by Gasteiger charge is -2.17. The first-order valence-electron chi connectivity index (χ1n) is 9.53. The zero-order chi connectivity index (χ0) is 21.6. The molecular weight excluding hydrogens is 424 g/mol. The number of halogens is 1. The fourth-order valence-corrected chi connectivity index (χ4v) is 4.32. The molecule has 1 aromatic heterocycles. The number of nitrogens with two attached hydrogens (primary N) is 1. The SMILES string of the molecule is Cn1cc(S(=O)(=O)NCCOc2cccc(C(CN)Cc3cccc(Cl)c3)c2)cn1. The number of aryl methyl sites for hydroxylation is 1. The molecule has 0 spiro atoms. The third-order valence-electron chi connectivity index (χ3n) is 4.64. The molecule has 1 atom stereocenters. The van der Waals surface area contributed by atoms with Gasteiger partial charge in [-0.3, -0.25) is 4.68 Å². The van der Waals surface area contributed by atoms with E-state index in [9.17, 15) is 8.42 Å². The van der Waals surface area contributed by atoms with Crippen LogP contribution in [0.25, 0.3) is 0 Å². The van der Waals surface area contributed by atoms with Crippen molar-refractivity contribution in [2.24, 2.45) is 12.8 Å². The Morgan fingerprint density at radius 2 is 2.03 bits per heavy atom. The second-order valence-electron chi connectivity index (χ2n) is 6.94. The van der Waals surface area contributed by atoms with Crippen molar-refractivity contribution in [3.05, 3.63) is 77.1 Å². The molecule has 1 unspecified atom stereocenters. The van der Waals surface area contributed by atoms with Crippen LogP contribution >= 0.6 is 11.6 Å². The second-order valence-corrected chi connectivity index (χ2v) is 9.14. The number of benzene rings is 2. The number of sulfonamides is 1. The van der Waals surface area contributed by atoms with Gasteiger partial charge in [0, 0.05) is 30.7 Å². The molecule has 7 nitrogen and oxygen atoms in total. The zero-order valence-corrected chi connectivity index (χ0v) is 18.2. The van der Waals surface area contributed by atoms with E-state index in [-0.39, 0.29) is 24.0 Å². The third kappa shape index (κ3) is 6.06. The second kappa shape index (κ2) is 10.1. The van der Waals surface area contributed by atoms with Crippen molar-refractivity contribution >= 4 is 21.6 Å². The summed E-state index contributed by atoms with van der Waals surface area (Å²) < 4.78 is 34.1. The van der Waals surface area contributed by atoms with Gasteiger partial charge >= 0.3 is 0 Å². The highest BCUT2D eigenvalue weighted by Gasteiger charge is 2.15. The lowest BCUT2D eigenvalue weighted by atomic mass is 9.92. The number of nitrogens with one attached hydrogen (secondary N) is 1. The van der Waals surface area contributed by atoms with Crippen molar-refractivity contribution in [2.75, 3.05) is 19.7 Å². The Bertz CT molecular complexity index is 1090. The van der Waals surface area contributed by atoms with Crippen molar-refractivity contribution in [3.63, 3.8) is 0 Å². The van der Waals surface area contributed by atoms with Crippen LogP contribution in [-0.4, -0.2) is 37.9 Å². The molecule has 0 amide bonds. The summed E-state index contributed by atoms with van der Waals surface area (Å²) in [4.78, 5) is 0.124. The quantitative estimate of drug-likeness (QED) is 0.464. The van der Waals surface area contributed by atoms with E-state index >= 15 is 0 Å². The van der Waals surface area contributed by atoms with E-state index in [1.54, 1.807) is 7.05 Å². The lowest BCUT2D eigenvalue weighted by Crippen LogP contribution is -2.28. The first-order valence-corrected chi connectivity index (χ1v) is 11.4. The van der Waals surface area contributed by atoms with Gasteiger partial charge in [0.25, 0.3) is 0 Å². The Hall–Kier alpha value is -2.39. The first kappa shape index (κ1) is 22.3. The van der Waals surface area contributed by atoms with E-state index < -0.39 is 10.0 Å². The minimum atomic E-state index is -3.60. The highest BCUT2D eigenvalue weighted by Crippen LogP contribution is 2.25. The molecule has 160 valence electrons. The van der Waals surface area contributed by atoms with Gasteiger partial charge in [0.2, 0.25) is 10.0 Å². The summed E-state index contributed by atoms with van der Waals surface area (Å²) >= 11 is 6.08. The highest BCUT2D eigenvalue weighted by molar-refractivity contribution is 7.89. The van der Waals surface area contributed by atoms with Gasteiger partial charge in [0.05, 0.1) is 6.20 Å². The Balaban J connectivity index is 1.57. The lowest BCUT2D eigenvalue weighted by molar-refractivity contribution is 0.322. The Labute approximate surface area is 181 Å². The molecule has 0 aliphatic carbocycles. The van der Waals surface area contributed by atoms with Crippen LogP contribution in [0.15, 0.2) is 65.8 Å². The minimum absolute atomic E-state index is 0.121. The van der Waals surface area contributed by atoms with Crippen LogP contribution < -0.4 is 15.2 Å². The van der Waals surface area contributed by atoms with Gasteiger partial charge in [-0.25, -0.2) is 13.1 Å². The number of rotatable bonds is 10. The fraction of sp³-hybridized carbons (Fsp3) is 0.286. The van der Waals surface area contributed by atoms with Gasteiger partial charge in [-0.2, -0.15) is 5.10 Å². The van der Waals surface area contributed by atoms with Gasteiger partial charge in [0.1, 0.15) is 17.3 Å². The predicted octanol–water partition coefficient (Wildman–Crippen LogP) is 2.72. The van der Waals surface area contributed by atoms with Crippen molar-refractivity contribution in [1.82, 2.24) is 14.5 Å². The standard InChI is InChI=1S/C21H25ClN4O3S/c1-26-15-21(14-24-26)30(27,28)25-8-9-29-20-7-3-5-17(12-20)18(13-23)10-16-4-2-6-19(22)11-16/h2-7,11-12,14-15,18,25H,8-10,13,23H2,1H3. The van der Waals surface area contributed by atoms with Gasteiger partial charge in [-0.15, -0.1) is 0 Å². The van der Waals surface area contributed by atoms with Crippen molar-refractivity contribution in [2.45, 2.75) is 17.2 Å². The number of aromatic nitrogens is 2. The molecule has 3 rings (SSSR count). The van der Waals surface area contributed by atoms with Gasteiger partial charge < -0.3 is 10.5 Å². The summed E-state index contributed by atoms with van der Waals surface area (Å²) in [6.07, 6.45) is 3.52. The maximum absolute atomic E-state index is 12.2. The van der Waals surface area contributed by atoms with Gasteiger partial charge in [-0.1, -0.05) is 35.9 Å². The molecule has 1 heterocycles. The molecule has 2 aromatic carbocycles. The Kier molecular flexibility index (Phi) is 7.49. The summed E-state index contributed by atoms with van der Waals surface area (Å²) in [6.45, 7) is 0.829. The zero-order valence-electron chi connectivity index (χ0n) is 16.7. The summed E-state index contributed by atoms with van der Waals surface area (Å²) in [6, 6.07) is 15.5. The number of nitrogens with zero attached hydrogens (tertiary/aromatic N) is 2. The van der Waals surface area contributed by atoms with E-state index in [2.05, 4.69) is 9.82 Å². The van der Waals surface area contributed by atoms with E-state index in [0.29, 0.717) is 17.3 Å². The smallest absolute Gasteiger partial charge is 0.243 e. The van der Waals surface area contributed by atoms with Crippen LogP contribution in [0.4, 0.5) is 0 Å². The van der Waals surface area contributed by atoms with Crippen LogP contribution in [0, 0.1) is 0 Å². The highest BCUT2D eigenvalue weighted by atomic mass is 35.5. The van der Waals surface area contributed by atoms with Crippen molar-refractivity contribution < 1.29 is 13.2 Å². The molecule has 0 bridgehead atoms. The van der Waals surface area contributed by atoms with Crippen LogP contribution in [0.2, 0.25) is 5.02 Å². The molecule has 9 heteroatoms. The molecule has 3 N–H and O–H groups in total. The predicted molar refractivity (Wildman–Crippen MR) is 117 cm³/mol. The molecule has 0 fully saturated rings. The van der Waals surface area contributed by atoms with E-state index in [0.717, 1.165) is 17.5 Å². The molecule has 30 heavy (non-hydrogen) atoms. The fourth-order valence-electron chi connectivity index (χ4n) is 3.11. The third-order valence-corrected chi connectivity index (χ3v) is 6.29. The van der Waals surface area contributed by atoms with Crippen LogP contribution in [-0.2, 0) is 23.5 Å². The monoisotopic (exact) mass is 448 g/mol. The number of hydrogen-bond donors (Lipinski definition) is 2. The molecule has 0 aliphatic rings. The Morgan fingerprint density at radius 3 is 2.73 bits per heavy atom.